The van der Waals surface area contributed by atoms with Crippen LogP contribution in [0.1, 0.15) is 16.7 Å². The zero-order valence-electron chi connectivity index (χ0n) is 24.1. The van der Waals surface area contributed by atoms with E-state index in [1.54, 1.807) is 55.5 Å². The number of amides is 2. The van der Waals surface area contributed by atoms with Gasteiger partial charge < -0.3 is 24.4 Å². The third kappa shape index (κ3) is 9.14. The van der Waals surface area contributed by atoms with Crippen molar-refractivity contribution in [3.8, 4) is 17.2 Å². The molecule has 1 N–H and O–H groups in total. The third-order valence-electron chi connectivity index (χ3n) is 6.89. The van der Waals surface area contributed by atoms with Crippen molar-refractivity contribution >= 4 is 35.0 Å². The number of hydrogen-bond acceptors (Lipinski definition) is 5. The van der Waals surface area contributed by atoms with Gasteiger partial charge in [-0.15, -0.1) is 0 Å². The van der Waals surface area contributed by atoms with Crippen LogP contribution in [-0.4, -0.2) is 50.1 Å². The molecule has 0 saturated carbocycles. The lowest BCUT2D eigenvalue weighted by atomic mass is 10.0. The summed E-state index contributed by atoms with van der Waals surface area (Å²) in [6.07, 6.45) is 0.874. The molecule has 0 saturated heterocycles. The van der Waals surface area contributed by atoms with Crippen LogP contribution in [0, 0.1) is 0 Å². The minimum Gasteiger partial charge on any atom is -0.493 e. The molecule has 0 aliphatic carbocycles. The van der Waals surface area contributed by atoms with Gasteiger partial charge in [0.05, 0.1) is 19.2 Å². The normalized spacial score (nSPS) is 11.3. The fraction of sp³-hybridized carbons (Fsp3) is 0.235. The molecule has 0 aliphatic rings. The summed E-state index contributed by atoms with van der Waals surface area (Å²) in [7, 11) is 3.17. The highest BCUT2D eigenvalue weighted by atomic mass is 35.5. The second kappa shape index (κ2) is 15.9. The molecule has 4 aromatic rings. The molecule has 0 fully saturated rings. The fourth-order valence-corrected chi connectivity index (χ4v) is 4.92. The maximum atomic E-state index is 13.8. The molecule has 1 atom stereocenters. The molecule has 0 bridgehead atoms. The summed E-state index contributed by atoms with van der Waals surface area (Å²) in [6.45, 7) is 0.253. The molecule has 2 amide bonds. The molecule has 9 heteroatoms. The van der Waals surface area contributed by atoms with Gasteiger partial charge in [0.15, 0.2) is 18.1 Å². The minimum atomic E-state index is -0.814. The maximum absolute atomic E-state index is 13.8. The largest absolute Gasteiger partial charge is 0.493 e. The lowest BCUT2D eigenvalue weighted by Crippen LogP contribution is -2.52. The number of nitrogens with one attached hydrogen (secondary N) is 1. The van der Waals surface area contributed by atoms with Crippen LogP contribution in [0.5, 0.6) is 17.2 Å². The summed E-state index contributed by atoms with van der Waals surface area (Å²) in [6, 6.07) is 28.6. The zero-order valence-corrected chi connectivity index (χ0v) is 25.6. The predicted octanol–water partition coefficient (Wildman–Crippen LogP) is 6.39. The van der Waals surface area contributed by atoms with E-state index in [1.807, 2.05) is 60.7 Å². The molecule has 7 nitrogen and oxygen atoms in total. The van der Waals surface area contributed by atoms with Crippen LogP contribution in [0.25, 0.3) is 0 Å². The maximum Gasteiger partial charge on any atom is 0.261 e. The minimum absolute atomic E-state index is 0.183. The van der Waals surface area contributed by atoms with E-state index in [9.17, 15) is 9.59 Å². The molecule has 43 heavy (non-hydrogen) atoms. The number of hydrogen-bond donors (Lipinski definition) is 1. The Morgan fingerprint density at radius 1 is 0.767 bits per heavy atom. The first kappa shape index (κ1) is 31.7. The SMILES string of the molecule is COc1ccc(CCNC(=O)[C@H](Cc2ccccc2)N(Cc2ccc(Cl)cc2)C(=O)COc2ccccc2Cl)cc1OC. The van der Waals surface area contributed by atoms with Gasteiger partial charge in [0.2, 0.25) is 5.91 Å². The van der Waals surface area contributed by atoms with E-state index in [4.69, 9.17) is 37.4 Å². The molecule has 4 aromatic carbocycles. The molecular weight excluding hydrogens is 587 g/mol. The molecule has 0 radical (unpaired) electrons. The van der Waals surface area contributed by atoms with Crippen LogP contribution < -0.4 is 19.5 Å². The van der Waals surface area contributed by atoms with Crippen molar-refractivity contribution in [1.82, 2.24) is 10.2 Å². The molecule has 0 aliphatic heterocycles. The monoisotopic (exact) mass is 620 g/mol. The summed E-state index contributed by atoms with van der Waals surface area (Å²) in [5.41, 5.74) is 2.72. The van der Waals surface area contributed by atoms with Crippen molar-refractivity contribution in [3.05, 3.63) is 124 Å². The summed E-state index contributed by atoms with van der Waals surface area (Å²) < 4.78 is 16.5. The van der Waals surface area contributed by atoms with Crippen LogP contribution in [0.4, 0.5) is 0 Å². The molecule has 224 valence electrons. The first-order valence-corrected chi connectivity index (χ1v) is 14.6. The van der Waals surface area contributed by atoms with Crippen LogP contribution in [-0.2, 0) is 29.0 Å². The first-order valence-electron chi connectivity index (χ1n) is 13.8. The summed E-state index contributed by atoms with van der Waals surface area (Å²) in [4.78, 5) is 29.2. The smallest absolute Gasteiger partial charge is 0.261 e. The Bertz CT molecular complexity index is 1500. The molecule has 0 unspecified atom stereocenters. The van der Waals surface area contributed by atoms with Gasteiger partial charge in [-0.3, -0.25) is 9.59 Å². The van der Waals surface area contributed by atoms with Gasteiger partial charge in [-0.2, -0.15) is 0 Å². The van der Waals surface area contributed by atoms with Gasteiger partial charge >= 0.3 is 0 Å². The van der Waals surface area contributed by atoms with Crippen LogP contribution in [0.15, 0.2) is 97.1 Å². The van der Waals surface area contributed by atoms with E-state index in [0.717, 1.165) is 16.7 Å². The Morgan fingerprint density at radius 2 is 1.44 bits per heavy atom. The van der Waals surface area contributed by atoms with Crippen molar-refractivity contribution < 1.29 is 23.8 Å². The van der Waals surface area contributed by atoms with Gasteiger partial charge in [0, 0.05) is 24.5 Å². The highest BCUT2D eigenvalue weighted by molar-refractivity contribution is 6.32. The Labute approximate surface area is 262 Å². The fourth-order valence-electron chi connectivity index (χ4n) is 4.61. The summed E-state index contributed by atoms with van der Waals surface area (Å²) in [5.74, 6) is 1.01. The van der Waals surface area contributed by atoms with Crippen LogP contribution in [0.3, 0.4) is 0 Å². The highest BCUT2D eigenvalue weighted by Crippen LogP contribution is 2.28. The number of carbonyl (C=O) groups is 2. The van der Waals surface area contributed by atoms with Crippen molar-refractivity contribution in [2.75, 3.05) is 27.4 Å². The number of para-hydroxylation sites is 1. The van der Waals surface area contributed by atoms with Gasteiger partial charge in [-0.1, -0.05) is 83.9 Å². The Kier molecular flexibility index (Phi) is 11.7. The van der Waals surface area contributed by atoms with Crippen LogP contribution >= 0.6 is 23.2 Å². The number of carbonyl (C=O) groups excluding carboxylic acids is 2. The molecule has 0 spiro atoms. The standard InChI is InChI=1S/C34H34Cl2N2O5/c1-41-31-17-14-25(21-32(31)42-2)18-19-37-34(40)29(20-24-8-4-3-5-9-24)38(22-26-12-15-27(35)16-13-26)33(39)23-43-30-11-7-6-10-28(30)36/h3-17,21,29H,18-20,22-23H2,1-2H3,(H,37,40)/t29-/m0/s1. The summed E-state index contributed by atoms with van der Waals surface area (Å²) in [5, 5.41) is 4.02. The quantitative estimate of drug-likeness (QED) is 0.177. The van der Waals surface area contributed by atoms with E-state index in [0.29, 0.717) is 46.7 Å². The Morgan fingerprint density at radius 3 is 2.14 bits per heavy atom. The Balaban J connectivity index is 1.57. The number of ether oxygens (including phenoxy) is 3. The van der Waals surface area contributed by atoms with Gasteiger partial charge in [-0.25, -0.2) is 0 Å². The van der Waals surface area contributed by atoms with Gasteiger partial charge in [-0.05, 0) is 59.5 Å². The highest BCUT2D eigenvalue weighted by Gasteiger charge is 2.30. The number of halogens is 2. The zero-order chi connectivity index (χ0) is 30.6. The van der Waals surface area contributed by atoms with E-state index < -0.39 is 6.04 Å². The third-order valence-corrected chi connectivity index (χ3v) is 7.45. The molecule has 0 heterocycles. The van der Waals surface area contributed by atoms with Crippen LogP contribution in [0.2, 0.25) is 10.0 Å². The average molecular weight is 622 g/mol. The number of rotatable bonds is 14. The number of nitrogens with zero attached hydrogens (tertiary/aromatic N) is 1. The first-order chi connectivity index (χ1) is 20.9. The van der Waals surface area contributed by atoms with Crippen molar-refractivity contribution in [3.63, 3.8) is 0 Å². The second-order valence-electron chi connectivity index (χ2n) is 9.80. The van der Waals surface area contributed by atoms with Crippen molar-refractivity contribution in [1.29, 1.82) is 0 Å². The number of methoxy groups -OCH3 is 2. The summed E-state index contributed by atoms with van der Waals surface area (Å²) >= 11 is 12.4. The molecular formula is C34H34Cl2N2O5. The second-order valence-corrected chi connectivity index (χ2v) is 10.6. The van der Waals surface area contributed by atoms with E-state index in [2.05, 4.69) is 5.32 Å². The Hall–Kier alpha value is -4.20. The van der Waals surface area contributed by atoms with Crippen molar-refractivity contribution in [2.24, 2.45) is 0 Å². The predicted molar refractivity (Wildman–Crippen MR) is 169 cm³/mol. The molecule has 4 rings (SSSR count). The average Bonchev–Trinajstić information content (AvgIpc) is 3.03. The lowest BCUT2D eigenvalue weighted by Gasteiger charge is -2.31. The number of benzene rings is 4. The molecule has 0 aromatic heterocycles. The van der Waals surface area contributed by atoms with E-state index >= 15 is 0 Å². The topological polar surface area (TPSA) is 77.1 Å². The van der Waals surface area contributed by atoms with E-state index in [1.165, 1.54) is 0 Å². The van der Waals surface area contributed by atoms with Gasteiger partial charge in [0.25, 0.3) is 5.91 Å². The van der Waals surface area contributed by atoms with Crippen molar-refractivity contribution in [2.45, 2.75) is 25.4 Å². The van der Waals surface area contributed by atoms with Gasteiger partial charge in [0.1, 0.15) is 11.8 Å². The van der Waals surface area contributed by atoms with E-state index in [-0.39, 0.29) is 25.0 Å². The lowest BCUT2D eigenvalue weighted by molar-refractivity contribution is -0.142.